The van der Waals surface area contributed by atoms with Crippen molar-refractivity contribution in [2.75, 3.05) is 27.9 Å². The quantitative estimate of drug-likeness (QED) is 0.0324. The van der Waals surface area contributed by atoms with Crippen LogP contribution < -0.4 is 14.8 Å². The average Bonchev–Trinajstić information content (AvgIpc) is 3.89. The molecule has 5 aromatic rings. The number of esters is 1. The summed E-state index contributed by atoms with van der Waals surface area (Å²) >= 11 is 0. The fourth-order valence-corrected chi connectivity index (χ4v) is 8.43. The van der Waals surface area contributed by atoms with Gasteiger partial charge in [-0.2, -0.15) is 0 Å². The topological polar surface area (TPSA) is 158 Å². The summed E-state index contributed by atoms with van der Waals surface area (Å²) in [7, 11) is 4.50. The van der Waals surface area contributed by atoms with Crippen molar-refractivity contribution in [1.29, 1.82) is 0 Å². The zero-order chi connectivity index (χ0) is 49.0. The molecule has 1 N–H and O–H groups in total. The zero-order valence-electron chi connectivity index (χ0n) is 41.3. The van der Waals surface area contributed by atoms with Gasteiger partial charge in [0.1, 0.15) is 17.5 Å². The van der Waals surface area contributed by atoms with Crippen LogP contribution in [0.25, 0.3) is 21.8 Å². The van der Waals surface area contributed by atoms with Gasteiger partial charge in [-0.3, -0.25) is 19.3 Å². The molecule has 3 heterocycles. The van der Waals surface area contributed by atoms with Crippen LogP contribution in [-0.2, 0) is 53.1 Å². The van der Waals surface area contributed by atoms with Crippen molar-refractivity contribution in [1.82, 2.24) is 19.4 Å². The van der Waals surface area contributed by atoms with Crippen LogP contribution in [0.4, 0.5) is 0 Å². The van der Waals surface area contributed by atoms with Crippen LogP contribution in [0.5, 0.6) is 11.5 Å². The molecule has 0 radical (unpaired) electrons. The molecule has 3 aromatic carbocycles. The van der Waals surface area contributed by atoms with Crippen molar-refractivity contribution < 1.29 is 52.9 Å². The lowest BCUT2D eigenvalue weighted by atomic mass is 9.95. The largest absolute Gasteiger partial charge is 0.497 e. The van der Waals surface area contributed by atoms with E-state index in [1.54, 1.807) is 20.3 Å². The molecular formula is C52H68N4O11. The molecule has 0 aliphatic carbocycles. The van der Waals surface area contributed by atoms with E-state index in [0.717, 1.165) is 38.5 Å². The highest BCUT2D eigenvalue weighted by atomic mass is 17.2. The molecule has 67 heavy (non-hydrogen) atoms. The second-order valence-corrected chi connectivity index (χ2v) is 19.9. The summed E-state index contributed by atoms with van der Waals surface area (Å²) in [6, 6.07) is 16.1. The molecule has 4 atom stereocenters. The van der Waals surface area contributed by atoms with Gasteiger partial charge in [0.2, 0.25) is 5.91 Å². The van der Waals surface area contributed by atoms with Gasteiger partial charge in [0.15, 0.2) is 12.5 Å². The summed E-state index contributed by atoms with van der Waals surface area (Å²) < 4.78 is 20.2. The molecule has 1 aliphatic heterocycles. The van der Waals surface area contributed by atoms with E-state index in [4.69, 9.17) is 33.8 Å². The number of carbonyl (C=O) groups is 4. The molecule has 0 bridgehead atoms. The van der Waals surface area contributed by atoms with Crippen LogP contribution in [0.1, 0.15) is 132 Å². The van der Waals surface area contributed by atoms with Gasteiger partial charge in [-0.15, -0.1) is 0 Å². The van der Waals surface area contributed by atoms with Crippen molar-refractivity contribution >= 4 is 45.5 Å². The number of nitrogens with one attached hydrogen (secondary N) is 1. The molecule has 3 unspecified atom stereocenters. The number of amides is 3. The van der Waals surface area contributed by atoms with E-state index >= 15 is 0 Å². The Morgan fingerprint density at radius 2 is 1.21 bits per heavy atom. The minimum Gasteiger partial charge on any atom is -0.497 e. The van der Waals surface area contributed by atoms with Crippen molar-refractivity contribution in [3.63, 3.8) is 0 Å². The average molecular weight is 925 g/mol. The standard InChI is InChI=1S/C52H68N4O11/c1-31(2)22-46(64-66-51(5,6)7)55-29-35(40-27-37(61-11)15-18-44(40)55)20-21-54-48(58)39-17-14-34(25-42(39)49(54)59)23-32(3)24-47(65-67-52(8,9)10)56-30-36(26-43(50(60)63-13)53-33(4)57)41-28-38(62-12)16-19-45(41)56/h14-19,25,27-32,43,46-47H,20-24,26H2,1-13H3,(H,53,57)/t32?,43-,46?,47?/m0/s1. The maximum atomic E-state index is 14.1. The van der Waals surface area contributed by atoms with E-state index in [0.29, 0.717) is 54.2 Å². The normalized spacial score (nSPS) is 15.0. The van der Waals surface area contributed by atoms with Crippen molar-refractivity contribution in [2.24, 2.45) is 11.8 Å². The van der Waals surface area contributed by atoms with Crippen LogP contribution in [0.15, 0.2) is 67.0 Å². The predicted molar refractivity (Wildman–Crippen MR) is 255 cm³/mol. The summed E-state index contributed by atoms with van der Waals surface area (Å²) in [6.45, 7) is 19.4. The predicted octanol–water partition coefficient (Wildman–Crippen LogP) is 9.48. The number of fused-ring (bicyclic) bond motifs is 3. The maximum absolute atomic E-state index is 14.1. The third kappa shape index (κ3) is 12.4. The van der Waals surface area contributed by atoms with Gasteiger partial charge in [0.05, 0.1) is 54.7 Å². The van der Waals surface area contributed by atoms with E-state index in [2.05, 4.69) is 30.7 Å². The Bertz CT molecular complexity index is 2580. The Balaban J connectivity index is 1.23. The lowest BCUT2D eigenvalue weighted by molar-refractivity contribution is -0.390. The number of ether oxygens (including phenoxy) is 3. The zero-order valence-corrected chi connectivity index (χ0v) is 41.3. The van der Waals surface area contributed by atoms with Crippen LogP contribution >= 0.6 is 0 Å². The van der Waals surface area contributed by atoms with E-state index < -0.39 is 35.7 Å². The van der Waals surface area contributed by atoms with Crippen molar-refractivity contribution in [3.05, 3.63) is 94.8 Å². The van der Waals surface area contributed by atoms with Gasteiger partial charge >= 0.3 is 5.97 Å². The van der Waals surface area contributed by atoms with Gasteiger partial charge in [-0.25, -0.2) is 24.3 Å². The van der Waals surface area contributed by atoms with Crippen molar-refractivity contribution in [3.8, 4) is 11.5 Å². The molecule has 1 aliphatic rings. The second kappa shape index (κ2) is 21.1. The minimum absolute atomic E-state index is 0.0112. The molecule has 0 fully saturated rings. The van der Waals surface area contributed by atoms with Gasteiger partial charge < -0.3 is 28.7 Å². The fourth-order valence-electron chi connectivity index (χ4n) is 8.43. The molecular weight excluding hydrogens is 857 g/mol. The number of aromatic nitrogens is 2. The number of hydrogen-bond donors (Lipinski definition) is 1. The first-order chi connectivity index (χ1) is 31.6. The Labute approximate surface area is 393 Å². The third-order valence-electron chi connectivity index (χ3n) is 11.5. The number of methoxy groups -OCH3 is 3. The summed E-state index contributed by atoms with van der Waals surface area (Å²) in [6.07, 6.45) is 5.21. The Morgan fingerprint density at radius 3 is 1.73 bits per heavy atom. The minimum atomic E-state index is -0.922. The van der Waals surface area contributed by atoms with Gasteiger partial charge in [0.25, 0.3) is 11.8 Å². The first-order valence-electron chi connectivity index (χ1n) is 23.0. The molecule has 15 nitrogen and oxygen atoms in total. The third-order valence-corrected chi connectivity index (χ3v) is 11.5. The van der Waals surface area contributed by atoms with Crippen LogP contribution in [0.3, 0.4) is 0 Å². The molecule has 0 saturated heterocycles. The Hall–Kier alpha value is -5.74. The Morgan fingerprint density at radius 1 is 0.672 bits per heavy atom. The SMILES string of the molecule is COC(=O)[C@H](Cc1cn(C(CC(C)Cc2ccc3c(c2)C(=O)N(CCc2cn(C(CC(C)C)OOC(C)(C)C)c4ccc(OC)cc24)C3=O)OOC(C)(C)C)c2ccc(OC)cc12)NC(C)=O. The summed E-state index contributed by atoms with van der Waals surface area (Å²) in [5.41, 5.74) is 3.94. The maximum Gasteiger partial charge on any atom is 0.328 e. The highest BCUT2D eigenvalue weighted by molar-refractivity contribution is 6.21. The first kappa shape index (κ1) is 50.7. The number of hydrogen-bond acceptors (Lipinski definition) is 11. The molecule has 362 valence electrons. The number of benzene rings is 3. The first-order valence-corrected chi connectivity index (χ1v) is 23.0. The molecule has 6 rings (SSSR count). The lowest BCUT2D eigenvalue weighted by Crippen LogP contribution is -2.41. The molecule has 0 spiro atoms. The van der Waals surface area contributed by atoms with Gasteiger partial charge in [-0.1, -0.05) is 26.8 Å². The molecule has 3 amide bonds. The molecule has 0 saturated carbocycles. The fraction of sp³-hybridized carbons (Fsp3) is 0.500. The lowest BCUT2D eigenvalue weighted by Gasteiger charge is -2.27. The van der Waals surface area contributed by atoms with Crippen LogP contribution in [-0.4, -0.2) is 82.8 Å². The van der Waals surface area contributed by atoms with Gasteiger partial charge in [0, 0.05) is 43.1 Å². The summed E-state index contributed by atoms with van der Waals surface area (Å²) in [4.78, 5) is 78.3. The smallest absolute Gasteiger partial charge is 0.328 e. The number of rotatable bonds is 21. The summed E-state index contributed by atoms with van der Waals surface area (Å²) in [5.74, 6) is 0.0321. The van der Waals surface area contributed by atoms with Gasteiger partial charge in [-0.05, 0) is 144 Å². The van der Waals surface area contributed by atoms with Crippen LogP contribution in [0.2, 0.25) is 0 Å². The number of carbonyl (C=O) groups excluding carboxylic acids is 4. The van der Waals surface area contributed by atoms with E-state index in [1.807, 2.05) is 107 Å². The molecule has 15 heteroatoms. The Kier molecular flexibility index (Phi) is 15.9. The van der Waals surface area contributed by atoms with Crippen molar-refractivity contribution in [2.45, 2.75) is 131 Å². The highest BCUT2D eigenvalue weighted by Gasteiger charge is 2.36. The number of nitrogens with zero attached hydrogens (tertiary/aromatic N) is 3. The second-order valence-electron chi connectivity index (χ2n) is 19.9. The van der Waals surface area contributed by atoms with E-state index in [9.17, 15) is 19.2 Å². The molecule has 2 aromatic heterocycles. The van der Waals surface area contributed by atoms with E-state index in [-0.39, 0.29) is 36.6 Å². The number of imide groups is 1. The highest BCUT2D eigenvalue weighted by Crippen LogP contribution is 2.36. The monoisotopic (exact) mass is 924 g/mol. The summed E-state index contributed by atoms with van der Waals surface area (Å²) in [5, 5.41) is 4.46. The van der Waals surface area contributed by atoms with Crippen LogP contribution in [0, 0.1) is 11.8 Å². The van der Waals surface area contributed by atoms with E-state index in [1.165, 1.54) is 18.9 Å².